The second-order valence-electron chi connectivity index (χ2n) is 7.20. The van der Waals surface area contributed by atoms with Crippen LogP contribution in [0.5, 0.6) is 0 Å². The molecule has 0 heterocycles. The average Bonchev–Trinajstić information content (AvgIpc) is 2.60. The molecule has 1 aliphatic carbocycles. The summed E-state index contributed by atoms with van der Waals surface area (Å²) in [6, 6.07) is 8.51. The van der Waals surface area contributed by atoms with Gasteiger partial charge < -0.3 is 0 Å². The molecular formula is C23H29NO. The van der Waals surface area contributed by atoms with Crippen molar-refractivity contribution < 1.29 is 0 Å². The summed E-state index contributed by atoms with van der Waals surface area (Å²) < 4.78 is 0. The SMILES string of the molecule is C=C(C)C(=C\C=C(/C)CC1CCc2ccccc2C1)/C=C/C(C)N=O. The van der Waals surface area contributed by atoms with Crippen molar-refractivity contribution in [2.24, 2.45) is 11.1 Å². The van der Waals surface area contributed by atoms with Gasteiger partial charge in [-0.1, -0.05) is 71.5 Å². The molecule has 2 rings (SSSR count). The maximum absolute atomic E-state index is 10.5. The van der Waals surface area contributed by atoms with E-state index in [-0.39, 0.29) is 6.04 Å². The largest absolute Gasteiger partial charge is 0.150 e. The van der Waals surface area contributed by atoms with Crippen LogP contribution in [0.25, 0.3) is 0 Å². The number of aryl methyl sites for hydroxylation is 1. The van der Waals surface area contributed by atoms with Crippen molar-refractivity contribution in [2.45, 2.75) is 52.5 Å². The van der Waals surface area contributed by atoms with E-state index in [4.69, 9.17) is 0 Å². The molecule has 2 atom stereocenters. The Kier molecular flexibility index (Phi) is 7.12. The summed E-state index contributed by atoms with van der Waals surface area (Å²) in [4.78, 5) is 10.5. The second kappa shape index (κ2) is 9.31. The first kappa shape index (κ1) is 19.1. The third kappa shape index (κ3) is 5.97. The van der Waals surface area contributed by atoms with Crippen molar-refractivity contribution in [3.05, 3.63) is 87.9 Å². The molecule has 2 unspecified atom stereocenters. The fraction of sp³-hybridized carbons (Fsp3) is 0.391. The molecule has 1 aliphatic rings. The third-order valence-electron chi connectivity index (χ3n) is 4.82. The van der Waals surface area contributed by atoms with Crippen LogP contribution in [0.3, 0.4) is 0 Å². The summed E-state index contributed by atoms with van der Waals surface area (Å²) in [5.41, 5.74) is 6.46. The number of nitroso groups, excluding NO2 is 1. The number of hydrogen-bond donors (Lipinski definition) is 0. The number of hydrogen-bond acceptors (Lipinski definition) is 2. The molecule has 0 bridgehead atoms. The molecule has 0 saturated carbocycles. The van der Waals surface area contributed by atoms with Crippen LogP contribution in [0, 0.1) is 10.8 Å². The van der Waals surface area contributed by atoms with Crippen LogP contribution in [0.4, 0.5) is 0 Å². The number of benzene rings is 1. The molecule has 0 aromatic heterocycles. The summed E-state index contributed by atoms with van der Waals surface area (Å²) in [5.74, 6) is 0.725. The Balaban J connectivity index is 2.01. The molecule has 1 aromatic rings. The fourth-order valence-corrected chi connectivity index (χ4v) is 3.32. The molecule has 0 amide bonds. The summed E-state index contributed by atoms with van der Waals surface area (Å²) in [6.45, 7) is 9.98. The highest BCUT2D eigenvalue weighted by atomic mass is 16.3. The lowest BCUT2D eigenvalue weighted by Gasteiger charge is -2.24. The molecule has 132 valence electrons. The van der Waals surface area contributed by atoms with E-state index in [0.29, 0.717) is 0 Å². The van der Waals surface area contributed by atoms with Crippen molar-refractivity contribution >= 4 is 0 Å². The lowest BCUT2D eigenvalue weighted by atomic mass is 9.81. The summed E-state index contributed by atoms with van der Waals surface area (Å²) in [5, 5.41) is 3.00. The van der Waals surface area contributed by atoms with Crippen LogP contribution >= 0.6 is 0 Å². The Morgan fingerprint density at radius 2 is 2.00 bits per heavy atom. The molecule has 1 aromatic carbocycles. The first-order valence-electron chi connectivity index (χ1n) is 9.10. The van der Waals surface area contributed by atoms with E-state index in [0.717, 1.165) is 23.5 Å². The van der Waals surface area contributed by atoms with Crippen molar-refractivity contribution in [1.29, 1.82) is 0 Å². The Morgan fingerprint density at radius 1 is 1.28 bits per heavy atom. The third-order valence-corrected chi connectivity index (χ3v) is 4.82. The standard InChI is InChI=1S/C23H29NO/c1-17(2)21(13-10-19(4)24-25)12-9-18(3)15-20-11-14-22-7-5-6-8-23(22)16-20/h5-10,12-13,19-20H,1,11,14-16H2,2-4H3/b13-10+,18-9+,21-12-. The highest BCUT2D eigenvalue weighted by Crippen LogP contribution is 2.29. The molecular weight excluding hydrogens is 306 g/mol. The predicted octanol–water partition coefficient (Wildman–Crippen LogP) is 6.34. The molecule has 0 saturated heterocycles. The average molecular weight is 335 g/mol. The van der Waals surface area contributed by atoms with Gasteiger partial charge >= 0.3 is 0 Å². The zero-order valence-electron chi connectivity index (χ0n) is 15.7. The van der Waals surface area contributed by atoms with Gasteiger partial charge in [0.1, 0.15) is 6.04 Å². The predicted molar refractivity (Wildman–Crippen MR) is 108 cm³/mol. The van der Waals surface area contributed by atoms with Crippen molar-refractivity contribution in [2.75, 3.05) is 0 Å². The van der Waals surface area contributed by atoms with Gasteiger partial charge in [0, 0.05) is 0 Å². The van der Waals surface area contributed by atoms with Crippen LogP contribution in [0.1, 0.15) is 44.7 Å². The first-order chi connectivity index (χ1) is 12.0. The zero-order chi connectivity index (χ0) is 18.2. The van der Waals surface area contributed by atoms with Gasteiger partial charge in [0.2, 0.25) is 0 Å². The smallest absolute Gasteiger partial charge is 0.107 e. The topological polar surface area (TPSA) is 29.4 Å². The molecule has 25 heavy (non-hydrogen) atoms. The molecule has 0 N–H and O–H groups in total. The van der Waals surface area contributed by atoms with E-state index >= 15 is 0 Å². The molecule has 0 fully saturated rings. The number of nitrogens with zero attached hydrogens (tertiary/aromatic N) is 1. The van der Waals surface area contributed by atoms with Crippen LogP contribution in [0.15, 0.2) is 77.0 Å². The van der Waals surface area contributed by atoms with Gasteiger partial charge in [-0.2, -0.15) is 4.91 Å². The van der Waals surface area contributed by atoms with E-state index in [1.807, 2.05) is 19.1 Å². The highest BCUT2D eigenvalue weighted by molar-refractivity contribution is 5.40. The summed E-state index contributed by atoms with van der Waals surface area (Å²) in [7, 11) is 0. The zero-order valence-corrected chi connectivity index (χ0v) is 15.7. The van der Waals surface area contributed by atoms with E-state index in [9.17, 15) is 4.91 Å². The van der Waals surface area contributed by atoms with E-state index in [1.54, 1.807) is 6.92 Å². The van der Waals surface area contributed by atoms with Crippen LogP contribution < -0.4 is 0 Å². The first-order valence-corrected chi connectivity index (χ1v) is 9.10. The monoisotopic (exact) mass is 335 g/mol. The van der Waals surface area contributed by atoms with Crippen LogP contribution in [-0.4, -0.2) is 6.04 Å². The fourth-order valence-electron chi connectivity index (χ4n) is 3.32. The van der Waals surface area contributed by atoms with Crippen molar-refractivity contribution in [1.82, 2.24) is 0 Å². The quantitative estimate of drug-likeness (QED) is 0.422. The van der Waals surface area contributed by atoms with Crippen molar-refractivity contribution in [3.8, 4) is 0 Å². The maximum atomic E-state index is 10.5. The van der Waals surface area contributed by atoms with Crippen LogP contribution in [-0.2, 0) is 12.8 Å². The molecule has 2 nitrogen and oxygen atoms in total. The summed E-state index contributed by atoms with van der Waals surface area (Å²) >= 11 is 0. The number of rotatable bonds is 7. The minimum absolute atomic E-state index is 0.310. The normalized spacial score (nSPS) is 19.6. The Bertz CT molecular complexity index is 709. The Hall–Kier alpha value is -2.22. The summed E-state index contributed by atoms with van der Waals surface area (Å²) in [6.07, 6.45) is 12.8. The highest BCUT2D eigenvalue weighted by Gasteiger charge is 2.18. The van der Waals surface area contributed by atoms with Gasteiger partial charge in [0.25, 0.3) is 0 Å². The second-order valence-corrected chi connectivity index (χ2v) is 7.20. The van der Waals surface area contributed by atoms with Crippen molar-refractivity contribution in [3.63, 3.8) is 0 Å². The van der Waals surface area contributed by atoms with Gasteiger partial charge in [-0.05, 0) is 69.1 Å². The maximum Gasteiger partial charge on any atom is 0.107 e. The number of allylic oxidation sites excluding steroid dienone is 6. The van der Waals surface area contributed by atoms with Gasteiger partial charge in [0.15, 0.2) is 0 Å². The lowest BCUT2D eigenvalue weighted by Crippen LogP contribution is -2.14. The van der Waals surface area contributed by atoms with Gasteiger partial charge in [-0.25, -0.2) is 0 Å². The van der Waals surface area contributed by atoms with E-state index in [1.165, 1.54) is 36.0 Å². The molecule has 0 radical (unpaired) electrons. The van der Waals surface area contributed by atoms with E-state index in [2.05, 4.69) is 55.1 Å². The molecule has 0 aliphatic heterocycles. The minimum atomic E-state index is -0.310. The van der Waals surface area contributed by atoms with Gasteiger partial charge in [0.05, 0.1) is 0 Å². The van der Waals surface area contributed by atoms with E-state index < -0.39 is 0 Å². The minimum Gasteiger partial charge on any atom is -0.150 e. The number of fused-ring (bicyclic) bond motifs is 1. The lowest BCUT2D eigenvalue weighted by molar-refractivity contribution is 0.454. The Labute approximate surface area is 152 Å². The van der Waals surface area contributed by atoms with Gasteiger partial charge in [-0.15, -0.1) is 0 Å². The van der Waals surface area contributed by atoms with Gasteiger partial charge in [-0.3, -0.25) is 0 Å². The molecule has 0 spiro atoms. The molecule has 2 heteroatoms. The van der Waals surface area contributed by atoms with Crippen LogP contribution in [0.2, 0.25) is 0 Å². The Morgan fingerprint density at radius 3 is 2.68 bits per heavy atom.